The molecule has 2 aromatic carbocycles. The van der Waals surface area contributed by atoms with Crippen molar-refractivity contribution in [3.63, 3.8) is 0 Å². The highest BCUT2D eigenvalue weighted by Crippen LogP contribution is 2.51. The van der Waals surface area contributed by atoms with E-state index < -0.39 is 64.4 Å². The maximum atomic E-state index is 13.9. The number of hydrogen-bond donors (Lipinski definition) is 3. The first-order valence-electron chi connectivity index (χ1n) is 12.8. The number of nitrogens with zero attached hydrogens (tertiary/aromatic N) is 1. The molecule has 4 unspecified atom stereocenters. The zero-order valence-corrected chi connectivity index (χ0v) is 21.9. The molecule has 2 saturated carbocycles. The number of carbonyl (C=O) groups is 5. The number of amides is 1. The molecule has 0 aliphatic heterocycles. The van der Waals surface area contributed by atoms with Gasteiger partial charge in [-0.1, -0.05) is 48.0 Å². The van der Waals surface area contributed by atoms with Gasteiger partial charge in [0.1, 0.15) is 5.75 Å². The molecule has 9 nitrogen and oxygen atoms in total. The van der Waals surface area contributed by atoms with Crippen molar-refractivity contribution in [3.05, 3.63) is 64.2 Å². The van der Waals surface area contributed by atoms with E-state index in [-0.39, 0.29) is 24.2 Å². The second-order valence-corrected chi connectivity index (χ2v) is 11.1. The number of nitrogens with two attached hydrogens (primary N) is 1. The highest BCUT2D eigenvalue weighted by Gasteiger charge is 2.69. The van der Waals surface area contributed by atoms with Crippen molar-refractivity contribution in [2.24, 2.45) is 29.4 Å². The maximum Gasteiger partial charge on any atom is 0.235 e. The van der Waals surface area contributed by atoms with Crippen LogP contribution in [0.2, 0.25) is 0 Å². The van der Waals surface area contributed by atoms with E-state index in [4.69, 9.17) is 5.73 Å². The number of aryl methyl sites for hydroxylation is 1. The van der Waals surface area contributed by atoms with Crippen LogP contribution in [0.5, 0.6) is 5.75 Å². The van der Waals surface area contributed by atoms with Gasteiger partial charge in [-0.15, -0.1) is 0 Å². The fourth-order valence-corrected chi connectivity index (χ4v) is 6.65. The predicted octanol–water partition coefficient (Wildman–Crippen LogP) is 1.35. The van der Waals surface area contributed by atoms with Gasteiger partial charge in [0.05, 0.1) is 17.5 Å². The minimum atomic E-state index is -2.73. The smallest absolute Gasteiger partial charge is 0.235 e. The number of rotatable bonds is 4. The summed E-state index contributed by atoms with van der Waals surface area (Å²) in [5.74, 6) is -10.5. The minimum Gasteiger partial charge on any atom is -0.507 e. The SMILES string of the molecule is Cc1ccc(/C=C/c2ccc(O)c3c2CC2CC4[C@H](N(C)C)C(=O)C(C(N)=O)C(=O)[C@@]4(O)C(=O)C2C3=O)cc1. The number of aliphatic hydroxyl groups is 1. The molecule has 39 heavy (non-hydrogen) atoms. The van der Waals surface area contributed by atoms with Gasteiger partial charge in [-0.05, 0) is 62.5 Å². The van der Waals surface area contributed by atoms with E-state index in [0.717, 1.165) is 11.1 Å². The Labute approximate surface area is 225 Å². The Morgan fingerprint density at radius 3 is 2.31 bits per heavy atom. The first kappa shape index (κ1) is 26.6. The number of likely N-dealkylation sites (N-methyl/N-ethyl adjacent to an activating group) is 1. The lowest BCUT2D eigenvalue weighted by molar-refractivity contribution is -0.181. The van der Waals surface area contributed by atoms with Crippen LogP contribution in [0.15, 0.2) is 36.4 Å². The molecule has 0 radical (unpaired) electrons. The third-order valence-electron chi connectivity index (χ3n) is 8.51. The van der Waals surface area contributed by atoms with Gasteiger partial charge < -0.3 is 15.9 Å². The van der Waals surface area contributed by atoms with E-state index in [1.165, 1.54) is 11.0 Å². The highest BCUT2D eigenvalue weighted by atomic mass is 16.3. The fraction of sp³-hybridized carbons (Fsp3) is 0.367. The van der Waals surface area contributed by atoms with Crippen molar-refractivity contribution in [2.45, 2.75) is 31.4 Å². The van der Waals surface area contributed by atoms with Crippen LogP contribution >= 0.6 is 0 Å². The molecule has 9 heteroatoms. The molecule has 2 fully saturated rings. The summed E-state index contributed by atoms with van der Waals surface area (Å²) in [5, 5.41) is 22.3. The molecule has 0 saturated heterocycles. The van der Waals surface area contributed by atoms with E-state index in [1.54, 1.807) is 20.2 Å². The first-order valence-corrected chi connectivity index (χ1v) is 12.8. The normalized spacial score (nSPS) is 30.3. The second kappa shape index (κ2) is 9.36. The van der Waals surface area contributed by atoms with Crippen molar-refractivity contribution in [3.8, 4) is 5.75 Å². The van der Waals surface area contributed by atoms with Crippen molar-refractivity contribution in [2.75, 3.05) is 14.1 Å². The zero-order chi connectivity index (χ0) is 28.4. The number of Topliss-reactive ketones (excluding diaryl/α,β-unsaturated/α-hetero) is 4. The van der Waals surface area contributed by atoms with Crippen LogP contribution in [-0.4, -0.2) is 69.9 Å². The summed E-state index contributed by atoms with van der Waals surface area (Å²) in [7, 11) is 3.11. The number of carbonyl (C=O) groups excluding carboxylic acids is 5. The number of aromatic hydroxyl groups is 1. The number of benzene rings is 2. The lowest BCUT2D eigenvalue weighted by atomic mass is 9.52. The van der Waals surface area contributed by atoms with Gasteiger partial charge in [0.25, 0.3) is 0 Å². The quantitative estimate of drug-likeness (QED) is 0.395. The summed E-state index contributed by atoms with van der Waals surface area (Å²) in [6.07, 6.45) is 3.96. The minimum absolute atomic E-state index is 0.0146. The second-order valence-electron chi connectivity index (χ2n) is 11.1. The number of phenolic OH excluding ortho intramolecular Hbond substituents is 1. The van der Waals surface area contributed by atoms with Gasteiger partial charge >= 0.3 is 0 Å². The molecule has 3 aliphatic rings. The molecular formula is C30H30N2O7. The van der Waals surface area contributed by atoms with Crippen molar-refractivity contribution >= 4 is 41.2 Å². The number of ketones is 4. The Balaban J connectivity index is 1.59. The third-order valence-corrected chi connectivity index (χ3v) is 8.51. The Morgan fingerprint density at radius 1 is 1.03 bits per heavy atom. The summed E-state index contributed by atoms with van der Waals surface area (Å²) >= 11 is 0. The Morgan fingerprint density at radius 2 is 1.69 bits per heavy atom. The van der Waals surface area contributed by atoms with Gasteiger partial charge in [-0.25, -0.2) is 0 Å². The molecule has 2 aromatic rings. The summed E-state index contributed by atoms with van der Waals surface area (Å²) in [4.78, 5) is 67.7. The molecule has 1 amide bonds. The largest absolute Gasteiger partial charge is 0.507 e. The Hall–Kier alpha value is -3.95. The predicted molar refractivity (Wildman–Crippen MR) is 141 cm³/mol. The van der Waals surface area contributed by atoms with Crippen LogP contribution in [0.4, 0.5) is 0 Å². The summed E-state index contributed by atoms with van der Waals surface area (Å²) < 4.78 is 0. The van der Waals surface area contributed by atoms with Gasteiger partial charge in [0, 0.05) is 5.92 Å². The van der Waals surface area contributed by atoms with Crippen molar-refractivity contribution in [1.82, 2.24) is 4.90 Å². The van der Waals surface area contributed by atoms with Crippen LogP contribution in [0, 0.1) is 30.6 Å². The number of hydrogen-bond acceptors (Lipinski definition) is 8. The molecule has 3 aliphatic carbocycles. The molecule has 0 bridgehead atoms. The molecule has 0 aromatic heterocycles. The summed E-state index contributed by atoms with van der Waals surface area (Å²) in [6.45, 7) is 1.99. The average molecular weight is 531 g/mol. The Bertz CT molecular complexity index is 1460. The zero-order valence-electron chi connectivity index (χ0n) is 21.9. The fourth-order valence-electron chi connectivity index (χ4n) is 6.65. The van der Waals surface area contributed by atoms with Gasteiger partial charge in [0.15, 0.2) is 34.7 Å². The first-order chi connectivity index (χ1) is 18.4. The molecule has 202 valence electrons. The van der Waals surface area contributed by atoms with Crippen LogP contribution in [-0.2, 0) is 25.6 Å². The Kier molecular flexibility index (Phi) is 6.39. The summed E-state index contributed by atoms with van der Waals surface area (Å²) in [5.41, 5.74) is 5.91. The van der Waals surface area contributed by atoms with E-state index in [2.05, 4.69) is 0 Å². The third kappa shape index (κ3) is 3.95. The molecule has 5 rings (SSSR count). The molecule has 0 heterocycles. The van der Waals surface area contributed by atoms with E-state index in [9.17, 15) is 34.2 Å². The average Bonchev–Trinajstić information content (AvgIpc) is 2.86. The lowest BCUT2D eigenvalue weighted by Gasteiger charge is -2.52. The maximum absolute atomic E-state index is 13.9. The summed E-state index contributed by atoms with van der Waals surface area (Å²) in [6, 6.07) is 9.82. The van der Waals surface area contributed by atoms with Gasteiger partial charge in [0.2, 0.25) is 5.91 Å². The van der Waals surface area contributed by atoms with E-state index >= 15 is 0 Å². The molecule has 0 spiro atoms. The van der Waals surface area contributed by atoms with Gasteiger partial charge in [-0.3, -0.25) is 28.9 Å². The van der Waals surface area contributed by atoms with Crippen molar-refractivity contribution in [1.29, 1.82) is 0 Å². The van der Waals surface area contributed by atoms with Crippen LogP contribution in [0.3, 0.4) is 0 Å². The number of phenols is 1. The van der Waals surface area contributed by atoms with Gasteiger partial charge in [-0.2, -0.15) is 0 Å². The van der Waals surface area contributed by atoms with Crippen LogP contribution in [0.25, 0.3) is 12.2 Å². The van der Waals surface area contributed by atoms with E-state index in [1.807, 2.05) is 43.3 Å². The van der Waals surface area contributed by atoms with Crippen molar-refractivity contribution < 1.29 is 34.2 Å². The highest BCUT2D eigenvalue weighted by molar-refractivity contribution is 6.32. The molecular weight excluding hydrogens is 500 g/mol. The number of primary amides is 1. The standard InChI is InChI=1S/C30H30N2O7/c1-14-4-6-15(7-5-14)8-9-16-10-11-20(33)22-18(16)12-17-13-19-24(32(2)3)26(35)23(29(31)38)28(37)30(19,39)27(36)21(17)25(22)34/h4-11,17,19,21,23-24,33,39H,12-13H2,1-3H3,(H2,31,38)/b9-8+/t17?,19?,21?,23?,24-,30-/m0/s1. The van der Waals surface area contributed by atoms with E-state index in [0.29, 0.717) is 11.1 Å². The topological polar surface area (TPSA) is 155 Å². The van der Waals surface area contributed by atoms with Crippen LogP contribution < -0.4 is 5.73 Å². The van der Waals surface area contributed by atoms with Crippen LogP contribution in [0.1, 0.15) is 39.0 Å². The monoisotopic (exact) mass is 530 g/mol. The molecule has 6 atom stereocenters. The number of fused-ring (bicyclic) bond motifs is 3. The lowest BCUT2D eigenvalue weighted by Crippen LogP contribution is -2.74. The molecule has 4 N–H and O–H groups in total.